The van der Waals surface area contributed by atoms with Crippen LogP contribution in [0.1, 0.15) is 22.8 Å². The molecule has 0 aliphatic heterocycles. The van der Waals surface area contributed by atoms with Crippen molar-refractivity contribution in [3.63, 3.8) is 0 Å². The molecule has 5 heteroatoms. The zero-order chi connectivity index (χ0) is 14.5. The number of ether oxygens (including phenoxy) is 1. The highest BCUT2D eigenvalue weighted by Gasteiger charge is 2.08. The molecule has 2 aromatic rings. The van der Waals surface area contributed by atoms with Crippen LogP contribution in [-0.2, 0) is 4.74 Å². The largest absolute Gasteiger partial charge is 0.462 e. The molecule has 0 bridgehead atoms. The van der Waals surface area contributed by atoms with E-state index in [0.29, 0.717) is 22.9 Å². The molecule has 0 spiro atoms. The predicted octanol–water partition coefficient (Wildman–Crippen LogP) is 3.96. The summed E-state index contributed by atoms with van der Waals surface area (Å²) < 4.78 is 4.95. The minimum Gasteiger partial charge on any atom is -0.462 e. The monoisotopic (exact) mass is 290 g/mol. The molecule has 0 saturated carbocycles. The lowest BCUT2D eigenvalue weighted by Gasteiger charge is -2.11. The number of esters is 1. The number of carbonyl (C=O) groups excluding carboxylic acids is 1. The minimum absolute atomic E-state index is 0.337. The van der Waals surface area contributed by atoms with Gasteiger partial charge >= 0.3 is 5.97 Å². The first-order chi connectivity index (χ1) is 9.61. The average molecular weight is 291 g/mol. The molecule has 4 nitrogen and oxygen atoms in total. The summed E-state index contributed by atoms with van der Waals surface area (Å²) in [4.78, 5) is 15.7. The molecule has 0 saturated heterocycles. The summed E-state index contributed by atoms with van der Waals surface area (Å²) in [6, 6.07) is 7.30. The lowest BCUT2D eigenvalue weighted by atomic mass is 10.2. The van der Waals surface area contributed by atoms with Gasteiger partial charge in [-0.3, -0.25) is 4.98 Å². The third-order valence-corrected chi connectivity index (χ3v) is 3.21. The van der Waals surface area contributed by atoms with Crippen molar-refractivity contribution in [2.75, 3.05) is 11.9 Å². The number of anilines is 2. The van der Waals surface area contributed by atoms with Gasteiger partial charge in [-0.05, 0) is 37.6 Å². The predicted molar refractivity (Wildman–Crippen MR) is 79.7 cm³/mol. The number of carbonyl (C=O) groups is 1. The second kappa shape index (κ2) is 6.39. The molecule has 2 rings (SSSR count). The van der Waals surface area contributed by atoms with Crippen LogP contribution in [0.3, 0.4) is 0 Å². The standard InChI is InChI=1S/C15H15ClN2O2/c1-3-20-15(19)11-7-12(9-17-8-11)18-14-6-4-5-13(16)10(14)2/h4-9,18H,3H2,1-2H3. The third kappa shape index (κ3) is 3.27. The van der Waals surface area contributed by atoms with Crippen LogP contribution in [0, 0.1) is 6.92 Å². The summed E-state index contributed by atoms with van der Waals surface area (Å²) in [6.45, 7) is 4.03. The van der Waals surface area contributed by atoms with Crippen LogP contribution in [-0.4, -0.2) is 17.6 Å². The highest BCUT2D eigenvalue weighted by atomic mass is 35.5. The average Bonchev–Trinajstić information content (AvgIpc) is 2.44. The molecule has 20 heavy (non-hydrogen) atoms. The van der Waals surface area contributed by atoms with Crippen molar-refractivity contribution in [1.29, 1.82) is 0 Å². The molecule has 1 heterocycles. The number of hydrogen-bond acceptors (Lipinski definition) is 4. The van der Waals surface area contributed by atoms with Gasteiger partial charge in [-0.2, -0.15) is 0 Å². The molecule has 0 aliphatic rings. The normalized spacial score (nSPS) is 10.2. The summed E-state index contributed by atoms with van der Waals surface area (Å²) in [7, 11) is 0. The van der Waals surface area contributed by atoms with Gasteiger partial charge in [0.25, 0.3) is 0 Å². The topological polar surface area (TPSA) is 51.2 Å². The lowest BCUT2D eigenvalue weighted by Crippen LogP contribution is -2.05. The van der Waals surface area contributed by atoms with Crippen molar-refractivity contribution in [3.05, 3.63) is 52.8 Å². The molecule has 0 radical (unpaired) electrons. The first-order valence-electron chi connectivity index (χ1n) is 6.26. The van der Waals surface area contributed by atoms with Crippen molar-refractivity contribution >= 4 is 28.9 Å². The summed E-state index contributed by atoms with van der Waals surface area (Å²) in [5, 5.41) is 3.88. The Labute approximate surface area is 122 Å². The molecular weight excluding hydrogens is 276 g/mol. The number of hydrogen-bond donors (Lipinski definition) is 1. The highest BCUT2D eigenvalue weighted by Crippen LogP contribution is 2.26. The van der Waals surface area contributed by atoms with Crippen molar-refractivity contribution in [1.82, 2.24) is 4.98 Å². The fraction of sp³-hybridized carbons (Fsp3) is 0.200. The molecule has 0 aliphatic carbocycles. The first-order valence-corrected chi connectivity index (χ1v) is 6.64. The second-order valence-corrected chi connectivity index (χ2v) is 4.63. The summed E-state index contributed by atoms with van der Waals surface area (Å²) in [5.41, 5.74) is 2.94. The Morgan fingerprint density at radius 1 is 1.40 bits per heavy atom. The van der Waals surface area contributed by atoms with E-state index in [0.717, 1.165) is 11.3 Å². The number of aromatic nitrogens is 1. The van der Waals surface area contributed by atoms with Gasteiger partial charge in [-0.15, -0.1) is 0 Å². The summed E-state index contributed by atoms with van der Waals surface area (Å²) >= 11 is 6.07. The van der Waals surface area contributed by atoms with Crippen molar-refractivity contribution in [3.8, 4) is 0 Å². The minimum atomic E-state index is -0.383. The first kappa shape index (κ1) is 14.3. The van der Waals surface area contributed by atoms with Gasteiger partial charge in [0.15, 0.2) is 0 Å². The maximum Gasteiger partial charge on any atom is 0.339 e. The quantitative estimate of drug-likeness (QED) is 0.866. The fourth-order valence-electron chi connectivity index (χ4n) is 1.73. The van der Waals surface area contributed by atoms with E-state index in [1.54, 1.807) is 19.2 Å². The Hall–Kier alpha value is -2.07. The molecule has 0 fully saturated rings. The van der Waals surface area contributed by atoms with Crippen LogP contribution in [0.5, 0.6) is 0 Å². The highest BCUT2D eigenvalue weighted by molar-refractivity contribution is 6.31. The molecule has 0 atom stereocenters. The number of benzene rings is 1. The van der Waals surface area contributed by atoms with Crippen molar-refractivity contribution < 1.29 is 9.53 Å². The van der Waals surface area contributed by atoms with E-state index in [1.807, 2.05) is 25.1 Å². The third-order valence-electron chi connectivity index (χ3n) is 2.80. The van der Waals surface area contributed by atoms with E-state index >= 15 is 0 Å². The number of rotatable bonds is 4. The Morgan fingerprint density at radius 2 is 2.20 bits per heavy atom. The van der Waals surface area contributed by atoms with Gasteiger partial charge in [0.2, 0.25) is 0 Å². The Kier molecular flexibility index (Phi) is 4.58. The van der Waals surface area contributed by atoms with Crippen molar-refractivity contribution in [2.24, 2.45) is 0 Å². The zero-order valence-electron chi connectivity index (χ0n) is 11.3. The smallest absolute Gasteiger partial charge is 0.339 e. The van der Waals surface area contributed by atoms with E-state index in [-0.39, 0.29) is 5.97 Å². The second-order valence-electron chi connectivity index (χ2n) is 4.22. The molecule has 1 aromatic carbocycles. The Bertz CT molecular complexity index is 629. The van der Waals surface area contributed by atoms with Crippen LogP contribution < -0.4 is 5.32 Å². The zero-order valence-corrected chi connectivity index (χ0v) is 12.1. The maximum atomic E-state index is 11.7. The van der Waals surface area contributed by atoms with Gasteiger partial charge in [-0.25, -0.2) is 4.79 Å². The summed E-state index contributed by atoms with van der Waals surface area (Å²) in [5.74, 6) is -0.383. The SMILES string of the molecule is CCOC(=O)c1cncc(Nc2cccc(Cl)c2C)c1. The number of nitrogens with one attached hydrogen (secondary N) is 1. The van der Waals surface area contributed by atoms with Gasteiger partial charge < -0.3 is 10.1 Å². The van der Waals surface area contributed by atoms with Crippen LogP contribution >= 0.6 is 11.6 Å². The van der Waals surface area contributed by atoms with Crippen LogP contribution in [0.25, 0.3) is 0 Å². The van der Waals surface area contributed by atoms with Crippen molar-refractivity contribution in [2.45, 2.75) is 13.8 Å². The Morgan fingerprint density at radius 3 is 2.95 bits per heavy atom. The molecule has 1 N–H and O–H groups in total. The maximum absolute atomic E-state index is 11.7. The summed E-state index contributed by atoms with van der Waals surface area (Å²) in [6.07, 6.45) is 3.12. The molecule has 0 amide bonds. The van der Waals surface area contributed by atoms with E-state index in [1.165, 1.54) is 6.20 Å². The van der Waals surface area contributed by atoms with Crippen LogP contribution in [0.15, 0.2) is 36.7 Å². The van der Waals surface area contributed by atoms with E-state index in [2.05, 4.69) is 10.3 Å². The van der Waals surface area contributed by atoms with Gasteiger partial charge in [0.05, 0.1) is 24.1 Å². The van der Waals surface area contributed by atoms with Crippen LogP contribution in [0.4, 0.5) is 11.4 Å². The Balaban J connectivity index is 2.24. The molecule has 1 aromatic heterocycles. The van der Waals surface area contributed by atoms with E-state index in [9.17, 15) is 4.79 Å². The van der Waals surface area contributed by atoms with Gasteiger partial charge in [-0.1, -0.05) is 17.7 Å². The van der Waals surface area contributed by atoms with Crippen LogP contribution in [0.2, 0.25) is 5.02 Å². The molecular formula is C15H15ClN2O2. The fourth-order valence-corrected chi connectivity index (χ4v) is 1.91. The van der Waals surface area contributed by atoms with E-state index in [4.69, 9.17) is 16.3 Å². The van der Waals surface area contributed by atoms with Gasteiger partial charge in [0, 0.05) is 16.9 Å². The lowest BCUT2D eigenvalue weighted by molar-refractivity contribution is 0.0526. The number of halogens is 1. The number of nitrogens with zero attached hydrogens (tertiary/aromatic N) is 1. The van der Waals surface area contributed by atoms with Gasteiger partial charge in [0.1, 0.15) is 0 Å². The number of pyridine rings is 1. The molecule has 104 valence electrons. The van der Waals surface area contributed by atoms with E-state index < -0.39 is 0 Å². The molecule has 0 unspecified atom stereocenters.